The lowest BCUT2D eigenvalue weighted by Crippen LogP contribution is -2.30. The predicted molar refractivity (Wildman–Crippen MR) is 109 cm³/mol. The molecule has 160 valence electrons. The van der Waals surface area contributed by atoms with Crippen molar-refractivity contribution in [2.75, 3.05) is 13.4 Å². The van der Waals surface area contributed by atoms with Crippen molar-refractivity contribution < 1.29 is 28.2 Å². The van der Waals surface area contributed by atoms with Crippen LogP contribution in [0.4, 0.5) is 0 Å². The number of hydrogen-bond donors (Lipinski definition) is 1. The van der Waals surface area contributed by atoms with Crippen molar-refractivity contribution >= 4 is 17.7 Å². The molecule has 2 aromatic carbocycles. The summed E-state index contributed by atoms with van der Waals surface area (Å²) in [5, 5.41) is 10.9. The van der Waals surface area contributed by atoms with Gasteiger partial charge in [-0.2, -0.15) is 0 Å². The van der Waals surface area contributed by atoms with Gasteiger partial charge in [-0.1, -0.05) is 30.0 Å². The lowest BCUT2D eigenvalue weighted by molar-refractivity contribution is -0.120. The molecule has 0 aliphatic carbocycles. The Kier molecular flexibility index (Phi) is 5.29. The molecule has 5 rings (SSSR count). The number of para-hydroxylation sites is 2. The van der Waals surface area contributed by atoms with Crippen molar-refractivity contribution in [3.8, 4) is 23.0 Å². The van der Waals surface area contributed by atoms with E-state index in [4.69, 9.17) is 23.4 Å². The Morgan fingerprint density at radius 1 is 1.10 bits per heavy atom. The molecule has 1 aromatic heterocycles. The van der Waals surface area contributed by atoms with Crippen molar-refractivity contribution in [3.63, 3.8) is 0 Å². The Labute approximate surface area is 182 Å². The van der Waals surface area contributed by atoms with Gasteiger partial charge in [0.2, 0.25) is 18.8 Å². The second-order valence-corrected chi connectivity index (χ2v) is 8.23. The first-order valence-corrected chi connectivity index (χ1v) is 10.6. The molecule has 0 bridgehead atoms. The molecule has 0 fully saturated rings. The number of nitrogens with one attached hydrogen (secondary N) is 1. The van der Waals surface area contributed by atoms with Gasteiger partial charge in [-0.3, -0.25) is 4.79 Å². The molecule has 2 aliphatic rings. The van der Waals surface area contributed by atoms with Crippen molar-refractivity contribution in [3.05, 3.63) is 53.9 Å². The third-order valence-corrected chi connectivity index (χ3v) is 5.69. The van der Waals surface area contributed by atoms with Gasteiger partial charge in [0.15, 0.2) is 23.0 Å². The van der Waals surface area contributed by atoms with Gasteiger partial charge in [0.05, 0.1) is 5.25 Å². The zero-order chi connectivity index (χ0) is 21.2. The van der Waals surface area contributed by atoms with Crippen molar-refractivity contribution in [1.29, 1.82) is 0 Å². The van der Waals surface area contributed by atoms with Crippen molar-refractivity contribution in [2.45, 2.75) is 30.0 Å². The van der Waals surface area contributed by atoms with Crippen LogP contribution < -0.4 is 24.3 Å². The van der Waals surface area contributed by atoms with Crippen LogP contribution in [0.2, 0.25) is 0 Å². The van der Waals surface area contributed by atoms with Crippen LogP contribution in [-0.2, 0) is 11.3 Å². The number of carbonyl (C=O) groups excluding carboxylic acids is 1. The Balaban J connectivity index is 1.15. The Hall–Kier alpha value is -3.40. The van der Waals surface area contributed by atoms with E-state index < -0.39 is 11.4 Å². The van der Waals surface area contributed by atoms with Crippen molar-refractivity contribution in [2.24, 2.45) is 0 Å². The normalized spacial score (nSPS) is 17.3. The zero-order valence-electron chi connectivity index (χ0n) is 16.6. The van der Waals surface area contributed by atoms with E-state index in [1.165, 1.54) is 11.8 Å². The Morgan fingerprint density at radius 2 is 1.90 bits per heavy atom. The monoisotopic (exact) mass is 441 g/mol. The van der Waals surface area contributed by atoms with E-state index in [0.717, 1.165) is 5.56 Å². The van der Waals surface area contributed by atoms with Gasteiger partial charge < -0.3 is 28.7 Å². The average Bonchev–Trinajstić information content (AvgIpc) is 3.46. The maximum absolute atomic E-state index is 12.5. The largest absolute Gasteiger partial charge is 0.485 e. The van der Waals surface area contributed by atoms with Crippen LogP contribution in [0.15, 0.2) is 52.1 Å². The average molecular weight is 441 g/mol. The summed E-state index contributed by atoms with van der Waals surface area (Å²) in [5.41, 5.74) is 0.921. The fourth-order valence-corrected chi connectivity index (χ4v) is 3.84. The molecule has 3 heterocycles. The smallest absolute Gasteiger partial charge is 0.277 e. The molecule has 10 heteroatoms. The van der Waals surface area contributed by atoms with Crippen LogP contribution in [0.3, 0.4) is 0 Å². The molecule has 2 atom stereocenters. The zero-order valence-corrected chi connectivity index (χ0v) is 17.4. The molecule has 0 radical (unpaired) electrons. The van der Waals surface area contributed by atoms with Crippen LogP contribution in [0.25, 0.3) is 0 Å². The summed E-state index contributed by atoms with van der Waals surface area (Å²) < 4.78 is 27.9. The minimum Gasteiger partial charge on any atom is -0.485 e. The van der Waals surface area contributed by atoms with Crippen LogP contribution in [0, 0.1) is 0 Å². The Morgan fingerprint density at radius 3 is 2.81 bits per heavy atom. The van der Waals surface area contributed by atoms with Gasteiger partial charge in [0.25, 0.3) is 11.1 Å². The van der Waals surface area contributed by atoms with Crippen LogP contribution in [-0.4, -0.2) is 34.8 Å². The van der Waals surface area contributed by atoms with E-state index >= 15 is 0 Å². The van der Waals surface area contributed by atoms with Gasteiger partial charge in [0, 0.05) is 6.54 Å². The SMILES string of the molecule is CC(Sc1nnc(C2COc3ccccc3O2)o1)C(=O)NCc1ccc2c(c1)OCO2. The fraction of sp³-hybridized carbons (Fsp3) is 0.286. The number of nitrogens with zero attached hydrogens (tertiary/aromatic N) is 2. The lowest BCUT2D eigenvalue weighted by Gasteiger charge is -2.23. The van der Waals surface area contributed by atoms with Gasteiger partial charge in [0.1, 0.15) is 6.61 Å². The summed E-state index contributed by atoms with van der Waals surface area (Å²) in [6, 6.07) is 13.0. The number of carbonyl (C=O) groups is 1. The highest BCUT2D eigenvalue weighted by Gasteiger charge is 2.28. The number of aromatic nitrogens is 2. The number of ether oxygens (including phenoxy) is 4. The molecule has 9 nitrogen and oxygen atoms in total. The number of benzene rings is 2. The van der Waals surface area contributed by atoms with Crippen LogP contribution >= 0.6 is 11.8 Å². The maximum atomic E-state index is 12.5. The molecule has 31 heavy (non-hydrogen) atoms. The van der Waals surface area contributed by atoms with E-state index in [1.807, 2.05) is 42.5 Å². The molecule has 2 aliphatic heterocycles. The number of rotatable bonds is 6. The summed E-state index contributed by atoms with van der Waals surface area (Å²) in [7, 11) is 0. The van der Waals surface area contributed by atoms with Crippen LogP contribution in [0.1, 0.15) is 24.5 Å². The molecule has 0 saturated heterocycles. The Bertz CT molecular complexity index is 1100. The highest BCUT2D eigenvalue weighted by Crippen LogP contribution is 2.36. The van der Waals surface area contributed by atoms with Gasteiger partial charge in [-0.05, 0) is 36.8 Å². The summed E-state index contributed by atoms with van der Waals surface area (Å²) in [5.74, 6) is 2.87. The number of amides is 1. The fourth-order valence-electron chi connectivity index (χ4n) is 3.13. The van der Waals surface area contributed by atoms with Crippen molar-refractivity contribution in [1.82, 2.24) is 15.5 Å². The van der Waals surface area contributed by atoms with E-state index in [0.29, 0.717) is 40.7 Å². The maximum Gasteiger partial charge on any atom is 0.277 e. The van der Waals surface area contributed by atoms with E-state index in [2.05, 4.69) is 15.5 Å². The third-order valence-electron chi connectivity index (χ3n) is 4.76. The second-order valence-electron chi connectivity index (χ2n) is 6.94. The van der Waals surface area contributed by atoms with Crippen LogP contribution in [0.5, 0.6) is 23.0 Å². The molecule has 3 aromatic rings. The standard InChI is InChI=1S/C21H19N3O6S/c1-12(19(25)22-9-13-6-7-15-17(8-13)28-11-27-15)31-21-24-23-20(30-21)18-10-26-14-4-2-3-5-16(14)29-18/h2-8,12,18H,9-11H2,1H3,(H,22,25). The highest BCUT2D eigenvalue weighted by atomic mass is 32.2. The third kappa shape index (κ3) is 4.24. The first-order valence-electron chi connectivity index (χ1n) is 9.70. The molecule has 1 amide bonds. The van der Waals surface area contributed by atoms with Gasteiger partial charge >= 0.3 is 0 Å². The summed E-state index contributed by atoms with van der Waals surface area (Å²) in [6.45, 7) is 2.65. The molecule has 0 saturated carbocycles. The number of thioether (sulfide) groups is 1. The molecular weight excluding hydrogens is 422 g/mol. The summed E-state index contributed by atoms with van der Waals surface area (Å²) in [6.07, 6.45) is -0.494. The minimum atomic E-state index is -0.494. The highest BCUT2D eigenvalue weighted by molar-refractivity contribution is 8.00. The first kappa shape index (κ1) is 19.6. The lowest BCUT2D eigenvalue weighted by atomic mass is 10.2. The van der Waals surface area contributed by atoms with Gasteiger partial charge in [-0.25, -0.2) is 0 Å². The topological polar surface area (TPSA) is 105 Å². The van der Waals surface area contributed by atoms with E-state index in [9.17, 15) is 4.79 Å². The second kappa shape index (κ2) is 8.38. The molecule has 1 N–H and O–H groups in total. The van der Waals surface area contributed by atoms with E-state index in [1.54, 1.807) is 6.92 Å². The molecule has 2 unspecified atom stereocenters. The predicted octanol–water partition coefficient (Wildman–Crippen LogP) is 3.11. The number of hydrogen-bond acceptors (Lipinski definition) is 9. The number of fused-ring (bicyclic) bond motifs is 2. The summed E-state index contributed by atoms with van der Waals surface area (Å²) >= 11 is 1.18. The molecule has 0 spiro atoms. The van der Waals surface area contributed by atoms with Gasteiger partial charge in [-0.15, -0.1) is 10.2 Å². The first-order chi connectivity index (χ1) is 15.2. The quantitative estimate of drug-likeness (QED) is 0.578. The van der Waals surface area contributed by atoms with E-state index in [-0.39, 0.29) is 19.3 Å². The molecular formula is C21H19N3O6S. The summed E-state index contributed by atoms with van der Waals surface area (Å²) in [4.78, 5) is 12.5. The minimum absolute atomic E-state index is 0.145.